The molecule has 3 unspecified atom stereocenters. The quantitative estimate of drug-likeness (QED) is 0.755. The van der Waals surface area contributed by atoms with Crippen LogP contribution in [0.1, 0.15) is 18.5 Å². The minimum Gasteiger partial charge on any atom is -0.390 e. The van der Waals surface area contributed by atoms with Gasteiger partial charge in [-0.25, -0.2) is 0 Å². The van der Waals surface area contributed by atoms with Crippen LogP contribution in [0.4, 0.5) is 0 Å². The van der Waals surface area contributed by atoms with Crippen molar-refractivity contribution in [3.8, 4) is 0 Å². The molecule has 0 spiro atoms. The number of ether oxygens (including phenoxy) is 1. The first-order valence-corrected chi connectivity index (χ1v) is 10.2. The lowest BCUT2D eigenvalue weighted by Crippen LogP contribution is -2.48. The molecule has 2 fully saturated rings. The zero-order chi connectivity index (χ0) is 16.9. The first-order valence-electron chi connectivity index (χ1n) is 8.75. The van der Waals surface area contributed by atoms with Gasteiger partial charge in [-0.05, 0) is 6.92 Å². The minimum absolute atomic E-state index is 0.0826. The Balaban J connectivity index is 1.61. The van der Waals surface area contributed by atoms with Crippen LogP contribution in [0.2, 0.25) is 0 Å². The average Bonchev–Trinajstić information content (AvgIpc) is 3.06. The minimum atomic E-state index is -0.793. The largest absolute Gasteiger partial charge is 0.390 e. The summed E-state index contributed by atoms with van der Waals surface area (Å²) in [7, 11) is -0.793. The van der Waals surface area contributed by atoms with Crippen molar-refractivity contribution >= 4 is 10.8 Å². The molecule has 1 N–H and O–H groups in total. The maximum Gasteiger partial charge on any atom is 0.0794 e. The van der Waals surface area contributed by atoms with Crippen LogP contribution in [0.3, 0.4) is 0 Å². The van der Waals surface area contributed by atoms with Gasteiger partial charge in [0, 0.05) is 79.4 Å². The highest BCUT2D eigenvalue weighted by Crippen LogP contribution is 2.25. The zero-order valence-electron chi connectivity index (χ0n) is 14.3. The van der Waals surface area contributed by atoms with Crippen molar-refractivity contribution in [2.75, 3.05) is 57.4 Å². The van der Waals surface area contributed by atoms with E-state index >= 15 is 0 Å². The third kappa shape index (κ3) is 4.64. The molecule has 1 aromatic heterocycles. The standard InChI is InChI=1S/C16H28N4O3S/c1-2-20-10-14(9-17-20)16-13-24(22)8-5-19(16)12-15(21)11-18-3-6-23-7-4-18/h9-10,15-16,21H,2-8,11-13H2,1H3. The van der Waals surface area contributed by atoms with Crippen molar-refractivity contribution in [3.63, 3.8) is 0 Å². The SMILES string of the molecule is CCn1cc(C2CS(=O)CCN2CC(O)CN2CCOCC2)cn1. The predicted octanol–water partition coefficient (Wildman–Crippen LogP) is -0.298. The molecule has 24 heavy (non-hydrogen) atoms. The van der Waals surface area contributed by atoms with E-state index < -0.39 is 16.9 Å². The Labute approximate surface area is 146 Å². The van der Waals surface area contributed by atoms with Gasteiger partial charge in [0.2, 0.25) is 0 Å². The van der Waals surface area contributed by atoms with Crippen LogP contribution in [-0.2, 0) is 22.1 Å². The smallest absolute Gasteiger partial charge is 0.0794 e. The Morgan fingerprint density at radius 2 is 2.17 bits per heavy atom. The summed E-state index contributed by atoms with van der Waals surface area (Å²) in [5.41, 5.74) is 1.10. The Hall–Kier alpha value is -0.800. The maximum atomic E-state index is 12.0. The van der Waals surface area contributed by atoms with Crippen molar-refractivity contribution in [2.24, 2.45) is 0 Å². The number of β-amino-alcohol motifs (C(OH)–C–C–N with tert-alkyl or cyclic N) is 1. The topological polar surface area (TPSA) is 70.8 Å². The maximum absolute atomic E-state index is 12.0. The lowest BCUT2D eigenvalue weighted by atomic mass is 10.1. The second-order valence-electron chi connectivity index (χ2n) is 6.52. The van der Waals surface area contributed by atoms with E-state index in [9.17, 15) is 9.32 Å². The Morgan fingerprint density at radius 1 is 1.38 bits per heavy atom. The Kier molecular flexibility index (Phi) is 6.40. The fourth-order valence-corrected chi connectivity index (χ4v) is 4.76. The molecular weight excluding hydrogens is 328 g/mol. The summed E-state index contributed by atoms with van der Waals surface area (Å²) in [6.45, 7) is 8.17. The van der Waals surface area contributed by atoms with Gasteiger partial charge in [-0.2, -0.15) is 5.10 Å². The van der Waals surface area contributed by atoms with Gasteiger partial charge >= 0.3 is 0 Å². The Morgan fingerprint density at radius 3 is 2.88 bits per heavy atom. The number of aryl methyl sites for hydroxylation is 1. The second-order valence-corrected chi connectivity index (χ2v) is 8.14. The van der Waals surface area contributed by atoms with Crippen molar-refractivity contribution in [1.82, 2.24) is 19.6 Å². The van der Waals surface area contributed by atoms with E-state index in [-0.39, 0.29) is 6.04 Å². The predicted molar refractivity (Wildman–Crippen MR) is 93.4 cm³/mol. The first-order chi connectivity index (χ1) is 11.7. The third-order valence-electron chi connectivity index (χ3n) is 4.77. The molecule has 8 heteroatoms. The molecule has 0 amide bonds. The molecule has 0 aromatic carbocycles. The molecule has 0 bridgehead atoms. The molecule has 2 saturated heterocycles. The number of aromatic nitrogens is 2. The van der Waals surface area contributed by atoms with E-state index in [0.29, 0.717) is 24.6 Å². The van der Waals surface area contributed by atoms with Crippen LogP contribution >= 0.6 is 0 Å². The van der Waals surface area contributed by atoms with Gasteiger partial charge in [-0.3, -0.25) is 18.7 Å². The van der Waals surface area contributed by atoms with Crippen LogP contribution in [-0.4, -0.2) is 92.4 Å². The summed E-state index contributed by atoms with van der Waals surface area (Å²) in [5.74, 6) is 1.31. The van der Waals surface area contributed by atoms with Gasteiger partial charge in [0.1, 0.15) is 0 Å². The highest BCUT2D eigenvalue weighted by atomic mass is 32.2. The molecular formula is C16H28N4O3S. The van der Waals surface area contributed by atoms with Crippen molar-refractivity contribution in [3.05, 3.63) is 18.0 Å². The second kappa shape index (κ2) is 8.53. The number of hydrogen-bond donors (Lipinski definition) is 1. The number of aliphatic hydroxyl groups excluding tert-OH is 1. The molecule has 1 aromatic rings. The van der Waals surface area contributed by atoms with Gasteiger partial charge in [-0.1, -0.05) is 0 Å². The first kappa shape index (κ1) is 18.0. The lowest BCUT2D eigenvalue weighted by molar-refractivity contribution is 0.00399. The van der Waals surface area contributed by atoms with Gasteiger partial charge < -0.3 is 9.84 Å². The zero-order valence-corrected chi connectivity index (χ0v) is 15.2. The molecule has 3 atom stereocenters. The van der Waals surface area contributed by atoms with Crippen molar-refractivity contribution < 1.29 is 14.1 Å². The molecule has 0 aliphatic carbocycles. The fourth-order valence-electron chi connectivity index (χ4n) is 3.40. The van der Waals surface area contributed by atoms with Crippen molar-refractivity contribution in [2.45, 2.75) is 25.6 Å². The van der Waals surface area contributed by atoms with Gasteiger partial charge in [0.15, 0.2) is 0 Å². The fraction of sp³-hybridized carbons (Fsp3) is 0.812. The summed E-state index contributed by atoms with van der Waals surface area (Å²) < 4.78 is 19.3. The van der Waals surface area contributed by atoms with Crippen LogP contribution in [0.25, 0.3) is 0 Å². The van der Waals surface area contributed by atoms with E-state index in [1.807, 2.05) is 17.1 Å². The number of aliphatic hydroxyl groups is 1. The molecule has 0 saturated carbocycles. The van der Waals surface area contributed by atoms with Gasteiger partial charge in [-0.15, -0.1) is 0 Å². The summed E-state index contributed by atoms with van der Waals surface area (Å²) in [6.07, 6.45) is 3.51. The highest BCUT2D eigenvalue weighted by Gasteiger charge is 2.30. The Bertz CT molecular complexity index is 547. The van der Waals surface area contributed by atoms with Crippen LogP contribution in [0.5, 0.6) is 0 Å². The summed E-state index contributed by atoms with van der Waals surface area (Å²) >= 11 is 0. The number of hydrogen-bond acceptors (Lipinski definition) is 6. The third-order valence-corrected chi connectivity index (χ3v) is 6.10. The molecule has 3 heterocycles. The van der Waals surface area contributed by atoms with Gasteiger partial charge in [0.05, 0.1) is 25.5 Å². The monoisotopic (exact) mass is 356 g/mol. The molecule has 2 aliphatic heterocycles. The van der Waals surface area contributed by atoms with E-state index in [1.165, 1.54) is 0 Å². The summed E-state index contributed by atoms with van der Waals surface area (Å²) in [5, 5.41) is 14.9. The number of morpholine rings is 1. The summed E-state index contributed by atoms with van der Waals surface area (Å²) in [4.78, 5) is 4.52. The van der Waals surface area contributed by atoms with E-state index in [0.717, 1.165) is 45.0 Å². The highest BCUT2D eigenvalue weighted by molar-refractivity contribution is 7.85. The average molecular weight is 356 g/mol. The van der Waals surface area contributed by atoms with Crippen LogP contribution in [0, 0.1) is 0 Å². The molecule has 2 aliphatic rings. The van der Waals surface area contributed by atoms with Gasteiger partial charge in [0.25, 0.3) is 0 Å². The van der Waals surface area contributed by atoms with Crippen molar-refractivity contribution in [1.29, 1.82) is 0 Å². The van der Waals surface area contributed by atoms with E-state index in [1.54, 1.807) is 0 Å². The van der Waals surface area contributed by atoms with E-state index in [2.05, 4.69) is 21.8 Å². The van der Waals surface area contributed by atoms with Crippen LogP contribution < -0.4 is 0 Å². The normalized spacial score (nSPS) is 28.1. The molecule has 3 rings (SSSR count). The molecule has 136 valence electrons. The van der Waals surface area contributed by atoms with Crippen LogP contribution in [0.15, 0.2) is 12.4 Å². The van der Waals surface area contributed by atoms with E-state index in [4.69, 9.17) is 4.74 Å². The molecule has 0 radical (unpaired) electrons. The molecule has 7 nitrogen and oxygen atoms in total. The summed E-state index contributed by atoms with van der Waals surface area (Å²) in [6, 6.07) is 0.0826. The number of nitrogens with zero attached hydrogens (tertiary/aromatic N) is 4. The number of rotatable bonds is 6. The lowest BCUT2D eigenvalue weighted by Gasteiger charge is -2.37.